The van der Waals surface area contributed by atoms with Crippen molar-refractivity contribution in [2.45, 2.75) is 13.5 Å². The number of aryl methyl sites for hydroxylation is 1. The molecule has 0 saturated carbocycles. The number of methoxy groups -OCH3 is 1. The molecule has 0 spiro atoms. The van der Waals surface area contributed by atoms with E-state index in [1.54, 1.807) is 7.11 Å². The van der Waals surface area contributed by atoms with Gasteiger partial charge in [0.25, 0.3) is 0 Å². The van der Waals surface area contributed by atoms with Gasteiger partial charge in [-0.3, -0.25) is 0 Å². The largest absolute Gasteiger partial charge is 0.495 e. The summed E-state index contributed by atoms with van der Waals surface area (Å²) in [6.07, 6.45) is 0. The third-order valence-corrected chi connectivity index (χ3v) is 3.29. The third-order valence-electron chi connectivity index (χ3n) is 3.29. The van der Waals surface area contributed by atoms with Gasteiger partial charge in [0.1, 0.15) is 5.75 Å². The Bertz CT molecular complexity index is 562. The molecule has 0 aliphatic carbocycles. The highest BCUT2D eigenvalue weighted by Crippen LogP contribution is 2.25. The van der Waals surface area contributed by atoms with Crippen LogP contribution in [-0.2, 0) is 6.54 Å². The van der Waals surface area contributed by atoms with Gasteiger partial charge < -0.3 is 15.0 Å². The van der Waals surface area contributed by atoms with Gasteiger partial charge in [0.05, 0.1) is 12.8 Å². The average molecular weight is 270 g/mol. The van der Waals surface area contributed by atoms with E-state index < -0.39 is 0 Å². The molecule has 0 fully saturated rings. The van der Waals surface area contributed by atoms with Crippen molar-refractivity contribution in [3.8, 4) is 5.75 Å². The van der Waals surface area contributed by atoms with E-state index in [4.69, 9.17) is 4.74 Å². The second-order valence-corrected chi connectivity index (χ2v) is 5.12. The molecule has 0 bridgehead atoms. The maximum atomic E-state index is 5.40. The highest BCUT2D eigenvalue weighted by atomic mass is 16.5. The van der Waals surface area contributed by atoms with Crippen molar-refractivity contribution in [1.82, 2.24) is 0 Å². The molecule has 0 amide bonds. The molecule has 106 valence electrons. The van der Waals surface area contributed by atoms with Gasteiger partial charge in [-0.2, -0.15) is 0 Å². The minimum Gasteiger partial charge on any atom is -0.495 e. The molecular weight excluding hydrogens is 248 g/mol. The van der Waals surface area contributed by atoms with E-state index in [1.807, 2.05) is 20.2 Å². The second kappa shape index (κ2) is 6.33. The zero-order chi connectivity index (χ0) is 14.5. The predicted molar refractivity (Wildman–Crippen MR) is 85.8 cm³/mol. The summed E-state index contributed by atoms with van der Waals surface area (Å²) in [5.74, 6) is 0.884. The topological polar surface area (TPSA) is 24.5 Å². The molecule has 2 aromatic rings. The smallest absolute Gasteiger partial charge is 0.142 e. The lowest BCUT2D eigenvalue weighted by Gasteiger charge is -2.14. The highest BCUT2D eigenvalue weighted by molar-refractivity contribution is 5.58. The summed E-state index contributed by atoms with van der Waals surface area (Å²) in [7, 11) is 5.79. The summed E-state index contributed by atoms with van der Waals surface area (Å²) in [6, 6.07) is 14.7. The molecule has 0 radical (unpaired) electrons. The standard InChI is InChI=1S/C17H22N2O/c1-13-5-10-16(17(11-13)20-4)18-12-14-6-8-15(9-7-14)19(2)3/h5-11,18H,12H2,1-4H3. The molecule has 3 nitrogen and oxygen atoms in total. The fraction of sp³-hybridized carbons (Fsp3) is 0.294. The number of ether oxygens (including phenoxy) is 1. The van der Waals surface area contributed by atoms with Crippen molar-refractivity contribution < 1.29 is 4.74 Å². The number of nitrogens with zero attached hydrogens (tertiary/aromatic N) is 1. The van der Waals surface area contributed by atoms with E-state index in [9.17, 15) is 0 Å². The Morgan fingerprint density at radius 3 is 2.35 bits per heavy atom. The van der Waals surface area contributed by atoms with Crippen LogP contribution >= 0.6 is 0 Å². The fourth-order valence-electron chi connectivity index (χ4n) is 2.05. The first-order valence-corrected chi connectivity index (χ1v) is 6.75. The van der Waals surface area contributed by atoms with Crippen LogP contribution in [-0.4, -0.2) is 21.2 Å². The number of anilines is 2. The second-order valence-electron chi connectivity index (χ2n) is 5.12. The first-order valence-electron chi connectivity index (χ1n) is 6.75. The first-order chi connectivity index (χ1) is 9.60. The quantitative estimate of drug-likeness (QED) is 0.897. The monoisotopic (exact) mass is 270 g/mol. The van der Waals surface area contributed by atoms with Crippen molar-refractivity contribution in [3.05, 3.63) is 53.6 Å². The lowest BCUT2D eigenvalue weighted by molar-refractivity contribution is 0.416. The van der Waals surface area contributed by atoms with Gasteiger partial charge >= 0.3 is 0 Å². The molecule has 20 heavy (non-hydrogen) atoms. The van der Waals surface area contributed by atoms with E-state index in [1.165, 1.54) is 16.8 Å². The van der Waals surface area contributed by atoms with Crippen LogP contribution < -0.4 is 15.0 Å². The van der Waals surface area contributed by atoms with Crippen LogP contribution in [0.3, 0.4) is 0 Å². The maximum absolute atomic E-state index is 5.40. The van der Waals surface area contributed by atoms with Crippen LogP contribution in [0, 0.1) is 6.92 Å². The molecular formula is C17H22N2O. The average Bonchev–Trinajstić information content (AvgIpc) is 2.46. The number of benzene rings is 2. The summed E-state index contributed by atoms with van der Waals surface area (Å²) < 4.78 is 5.40. The minimum atomic E-state index is 0.785. The molecule has 1 N–H and O–H groups in total. The van der Waals surface area contributed by atoms with Crippen molar-refractivity contribution in [3.63, 3.8) is 0 Å². The number of nitrogens with one attached hydrogen (secondary N) is 1. The van der Waals surface area contributed by atoms with Crippen LogP contribution in [0.15, 0.2) is 42.5 Å². The van der Waals surface area contributed by atoms with Crippen molar-refractivity contribution in [2.75, 3.05) is 31.4 Å². The summed E-state index contributed by atoms with van der Waals surface area (Å²) in [5.41, 5.74) is 4.68. The molecule has 0 unspecified atom stereocenters. The van der Waals surface area contributed by atoms with Gasteiger partial charge in [-0.25, -0.2) is 0 Å². The van der Waals surface area contributed by atoms with Crippen LogP contribution in [0.1, 0.15) is 11.1 Å². The van der Waals surface area contributed by atoms with Gasteiger partial charge in [0.15, 0.2) is 0 Å². The summed E-state index contributed by atoms with van der Waals surface area (Å²) in [5, 5.41) is 3.42. The SMILES string of the molecule is COc1cc(C)ccc1NCc1ccc(N(C)C)cc1. The zero-order valence-corrected chi connectivity index (χ0v) is 12.6. The van der Waals surface area contributed by atoms with Crippen LogP contribution in [0.4, 0.5) is 11.4 Å². The molecule has 0 aromatic heterocycles. The molecule has 2 rings (SSSR count). The number of hydrogen-bond donors (Lipinski definition) is 1. The number of rotatable bonds is 5. The third kappa shape index (κ3) is 3.44. The molecule has 0 aliphatic heterocycles. The Morgan fingerprint density at radius 1 is 1.05 bits per heavy atom. The van der Waals surface area contributed by atoms with E-state index in [0.717, 1.165) is 18.0 Å². The molecule has 0 atom stereocenters. The number of hydrogen-bond acceptors (Lipinski definition) is 3. The van der Waals surface area contributed by atoms with Crippen LogP contribution in [0.2, 0.25) is 0 Å². The van der Waals surface area contributed by atoms with E-state index in [-0.39, 0.29) is 0 Å². The van der Waals surface area contributed by atoms with Gasteiger partial charge in [-0.05, 0) is 42.3 Å². The normalized spacial score (nSPS) is 10.2. The van der Waals surface area contributed by atoms with Crippen LogP contribution in [0.5, 0.6) is 5.75 Å². The van der Waals surface area contributed by atoms with E-state index in [2.05, 4.69) is 53.5 Å². The lowest BCUT2D eigenvalue weighted by atomic mass is 10.1. The molecule has 2 aromatic carbocycles. The highest BCUT2D eigenvalue weighted by Gasteiger charge is 2.03. The fourth-order valence-corrected chi connectivity index (χ4v) is 2.05. The Kier molecular flexibility index (Phi) is 4.51. The Hall–Kier alpha value is -2.16. The van der Waals surface area contributed by atoms with E-state index >= 15 is 0 Å². The Balaban J connectivity index is 2.05. The summed E-state index contributed by atoms with van der Waals surface area (Å²) in [6.45, 7) is 2.85. The van der Waals surface area contributed by atoms with Gasteiger partial charge in [0.2, 0.25) is 0 Å². The molecule has 0 saturated heterocycles. The summed E-state index contributed by atoms with van der Waals surface area (Å²) in [4.78, 5) is 2.10. The van der Waals surface area contributed by atoms with E-state index in [0.29, 0.717) is 0 Å². The van der Waals surface area contributed by atoms with Gasteiger partial charge in [0, 0.05) is 26.3 Å². The Labute approximate surface area is 121 Å². The predicted octanol–water partition coefficient (Wildman–Crippen LogP) is 3.68. The van der Waals surface area contributed by atoms with Gasteiger partial charge in [-0.15, -0.1) is 0 Å². The Morgan fingerprint density at radius 2 is 1.75 bits per heavy atom. The summed E-state index contributed by atoms with van der Waals surface area (Å²) >= 11 is 0. The molecule has 0 heterocycles. The van der Waals surface area contributed by atoms with Crippen molar-refractivity contribution in [2.24, 2.45) is 0 Å². The lowest BCUT2D eigenvalue weighted by Crippen LogP contribution is -2.08. The molecule has 3 heteroatoms. The zero-order valence-electron chi connectivity index (χ0n) is 12.6. The van der Waals surface area contributed by atoms with Crippen molar-refractivity contribution in [1.29, 1.82) is 0 Å². The van der Waals surface area contributed by atoms with Crippen LogP contribution in [0.25, 0.3) is 0 Å². The van der Waals surface area contributed by atoms with Crippen molar-refractivity contribution >= 4 is 11.4 Å². The maximum Gasteiger partial charge on any atom is 0.142 e. The van der Waals surface area contributed by atoms with Gasteiger partial charge in [-0.1, -0.05) is 18.2 Å². The molecule has 0 aliphatic rings. The minimum absolute atomic E-state index is 0.785. The first kappa shape index (κ1) is 14.3.